The van der Waals surface area contributed by atoms with E-state index in [4.69, 9.17) is 4.74 Å². The third-order valence-corrected chi connectivity index (χ3v) is 8.29. The van der Waals surface area contributed by atoms with Gasteiger partial charge in [-0.2, -0.15) is 0 Å². The summed E-state index contributed by atoms with van der Waals surface area (Å²) < 4.78 is 6.31. The Bertz CT molecular complexity index is 612. The smallest absolute Gasteiger partial charge is 0.306 e. The molecule has 246 valence electrons. The van der Waals surface area contributed by atoms with Gasteiger partial charge in [-0.3, -0.25) is 4.79 Å². The molecule has 0 saturated heterocycles. The van der Waals surface area contributed by atoms with E-state index in [1.807, 2.05) is 7.05 Å². The predicted octanol–water partition coefficient (Wildman–Crippen LogP) is 12.2. The van der Waals surface area contributed by atoms with Crippen LogP contribution in [0.25, 0.3) is 0 Å². The number of hydrogen-bond donors (Lipinski definition) is 1. The molecule has 1 N–H and O–H groups in total. The molecule has 3 heteroatoms. The van der Waals surface area contributed by atoms with Crippen molar-refractivity contribution in [3.63, 3.8) is 0 Å². The summed E-state index contributed by atoms with van der Waals surface area (Å²) in [6.07, 6.45) is 43.6. The van der Waals surface area contributed by atoms with Gasteiger partial charge >= 0.3 is 5.97 Å². The molecule has 0 aromatic rings. The molecule has 1 unspecified atom stereocenters. The van der Waals surface area contributed by atoms with Crippen molar-refractivity contribution in [3.8, 4) is 0 Å². The van der Waals surface area contributed by atoms with Crippen molar-refractivity contribution in [2.24, 2.45) is 5.92 Å². The maximum Gasteiger partial charge on any atom is 0.306 e. The molecule has 0 aromatic carbocycles. The van der Waals surface area contributed by atoms with Crippen molar-refractivity contribution < 1.29 is 9.53 Å². The number of hydrogen-bond acceptors (Lipinski definition) is 3. The third kappa shape index (κ3) is 28.8. The van der Waals surface area contributed by atoms with Crippen molar-refractivity contribution in [1.29, 1.82) is 0 Å². The standard InChI is InChI=1S/C39H73NO2/c1-5-8-11-14-17-20-23-27-32-37(33-28-24-21-18-15-12-9-6-2)38(34-29-25-22-19-16-13-10-7-3)42-39(41)35-30-26-31-36-40-4/h17-22,37-38,40H,5-16,23-36H2,1-4H3/b20-17-,21-18-,22-19-. The Morgan fingerprint density at radius 2 is 0.976 bits per heavy atom. The van der Waals surface area contributed by atoms with Crippen LogP contribution >= 0.6 is 0 Å². The zero-order chi connectivity index (χ0) is 30.8. The average molecular weight is 588 g/mol. The first-order chi connectivity index (χ1) is 20.7. The molecule has 0 aliphatic carbocycles. The van der Waals surface area contributed by atoms with Crippen molar-refractivity contribution in [1.82, 2.24) is 5.32 Å². The molecule has 0 heterocycles. The summed E-state index contributed by atoms with van der Waals surface area (Å²) in [5.41, 5.74) is 0. The van der Waals surface area contributed by atoms with Gasteiger partial charge in [0.2, 0.25) is 0 Å². The second-order valence-corrected chi connectivity index (χ2v) is 12.4. The number of allylic oxidation sites excluding steroid dienone is 6. The summed E-state index contributed by atoms with van der Waals surface area (Å²) in [6.45, 7) is 7.82. The Morgan fingerprint density at radius 1 is 0.548 bits per heavy atom. The molecule has 0 radical (unpaired) electrons. The number of ether oxygens (including phenoxy) is 1. The zero-order valence-electron chi connectivity index (χ0n) is 28.8. The number of carbonyl (C=O) groups excluding carboxylic acids is 1. The van der Waals surface area contributed by atoms with Gasteiger partial charge in [-0.25, -0.2) is 0 Å². The molecular weight excluding hydrogens is 514 g/mol. The minimum Gasteiger partial charge on any atom is -0.462 e. The normalized spacial score (nSPS) is 12.9. The van der Waals surface area contributed by atoms with E-state index in [1.165, 1.54) is 89.9 Å². The van der Waals surface area contributed by atoms with Gasteiger partial charge in [0.1, 0.15) is 6.10 Å². The maximum atomic E-state index is 13.0. The Hall–Kier alpha value is -1.35. The number of unbranched alkanes of at least 4 members (excludes halogenated alkanes) is 14. The summed E-state index contributed by atoms with van der Waals surface area (Å²) in [5, 5.41) is 3.20. The lowest BCUT2D eigenvalue weighted by molar-refractivity contribution is -0.153. The highest BCUT2D eigenvalue weighted by Gasteiger charge is 2.24. The first kappa shape index (κ1) is 40.6. The second kappa shape index (κ2) is 34.1. The minimum atomic E-state index is 0.0243. The van der Waals surface area contributed by atoms with Crippen LogP contribution in [-0.4, -0.2) is 25.7 Å². The molecular formula is C39H73NO2. The van der Waals surface area contributed by atoms with Crippen LogP contribution in [0.4, 0.5) is 0 Å². The van der Waals surface area contributed by atoms with Crippen molar-refractivity contribution >= 4 is 5.97 Å². The fourth-order valence-corrected chi connectivity index (χ4v) is 5.56. The van der Waals surface area contributed by atoms with E-state index < -0.39 is 0 Å². The lowest BCUT2D eigenvalue weighted by atomic mass is 9.87. The number of carbonyl (C=O) groups is 1. The summed E-state index contributed by atoms with van der Waals surface area (Å²) >= 11 is 0. The second-order valence-electron chi connectivity index (χ2n) is 12.4. The summed E-state index contributed by atoms with van der Waals surface area (Å²) in [6, 6.07) is 0. The van der Waals surface area contributed by atoms with E-state index in [0.29, 0.717) is 12.3 Å². The summed E-state index contributed by atoms with van der Waals surface area (Å²) in [7, 11) is 1.99. The molecule has 0 aliphatic rings. The first-order valence-corrected chi connectivity index (χ1v) is 18.5. The van der Waals surface area contributed by atoms with Crippen molar-refractivity contribution in [2.75, 3.05) is 13.6 Å². The molecule has 0 fully saturated rings. The molecule has 0 amide bonds. The highest BCUT2D eigenvalue weighted by atomic mass is 16.5. The Morgan fingerprint density at radius 3 is 1.40 bits per heavy atom. The molecule has 1 atom stereocenters. The molecule has 0 aromatic heterocycles. The highest BCUT2D eigenvalue weighted by Crippen LogP contribution is 2.27. The quantitative estimate of drug-likeness (QED) is 0.0483. The van der Waals surface area contributed by atoms with Crippen LogP contribution < -0.4 is 5.32 Å². The number of esters is 1. The topological polar surface area (TPSA) is 38.3 Å². The van der Waals surface area contributed by atoms with E-state index in [2.05, 4.69) is 62.5 Å². The molecule has 42 heavy (non-hydrogen) atoms. The van der Waals surface area contributed by atoms with Gasteiger partial charge in [-0.05, 0) is 129 Å². The third-order valence-electron chi connectivity index (χ3n) is 8.29. The molecule has 0 saturated carbocycles. The van der Waals surface area contributed by atoms with Gasteiger partial charge in [0, 0.05) is 6.42 Å². The molecule has 0 spiro atoms. The molecule has 3 nitrogen and oxygen atoms in total. The van der Waals surface area contributed by atoms with Gasteiger partial charge in [0.15, 0.2) is 0 Å². The van der Waals surface area contributed by atoms with E-state index in [9.17, 15) is 4.79 Å². The Balaban J connectivity index is 5.11. The van der Waals surface area contributed by atoms with Crippen LogP contribution in [0.2, 0.25) is 0 Å². The number of nitrogens with one attached hydrogen (secondary N) is 1. The average Bonchev–Trinajstić information content (AvgIpc) is 2.99. The predicted molar refractivity (Wildman–Crippen MR) is 187 cm³/mol. The van der Waals surface area contributed by atoms with E-state index in [-0.39, 0.29) is 12.1 Å². The summed E-state index contributed by atoms with van der Waals surface area (Å²) in [5.74, 6) is 0.491. The van der Waals surface area contributed by atoms with Crippen LogP contribution in [-0.2, 0) is 9.53 Å². The molecule has 0 rings (SSSR count). The largest absolute Gasteiger partial charge is 0.462 e. The van der Waals surface area contributed by atoms with Crippen LogP contribution in [0.5, 0.6) is 0 Å². The van der Waals surface area contributed by atoms with Crippen LogP contribution in [0.3, 0.4) is 0 Å². The monoisotopic (exact) mass is 588 g/mol. The van der Waals surface area contributed by atoms with Crippen LogP contribution in [0, 0.1) is 5.92 Å². The minimum absolute atomic E-state index is 0.0243. The van der Waals surface area contributed by atoms with Gasteiger partial charge in [-0.15, -0.1) is 0 Å². The lowest BCUT2D eigenvalue weighted by Crippen LogP contribution is -2.27. The van der Waals surface area contributed by atoms with Crippen LogP contribution in [0.1, 0.15) is 181 Å². The van der Waals surface area contributed by atoms with Crippen molar-refractivity contribution in [3.05, 3.63) is 36.5 Å². The van der Waals surface area contributed by atoms with Gasteiger partial charge in [0.05, 0.1) is 0 Å². The number of rotatable bonds is 32. The van der Waals surface area contributed by atoms with Gasteiger partial charge < -0.3 is 10.1 Å². The first-order valence-electron chi connectivity index (χ1n) is 18.5. The lowest BCUT2D eigenvalue weighted by Gasteiger charge is -2.27. The highest BCUT2D eigenvalue weighted by molar-refractivity contribution is 5.69. The molecule has 0 bridgehead atoms. The van der Waals surface area contributed by atoms with Crippen molar-refractivity contribution in [2.45, 2.75) is 187 Å². The van der Waals surface area contributed by atoms with Gasteiger partial charge in [-0.1, -0.05) is 102 Å². The Kier molecular flexibility index (Phi) is 33.0. The van der Waals surface area contributed by atoms with E-state index >= 15 is 0 Å². The van der Waals surface area contributed by atoms with Crippen LogP contribution in [0.15, 0.2) is 36.5 Å². The van der Waals surface area contributed by atoms with E-state index in [1.54, 1.807) is 0 Å². The fraction of sp³-hybridized carbons (Fsp3) is 0.821. The fourth-order valence-electron chi connectivity index (χ4n) is 5.56. The molecule has 0 aliphatic heterocycles. The summed E-state index contributed by atoms with van der Waals surface area (Å²) in [4.78, 5) is 13.0. The van der Waals surface area contributed by atoms with Gasteiger partial charge in [0.25, 0.3) is 0 Å². The maximum absolute atomic E-state index is 13.0. The van der Waals surface area contributed by atoms with E-state index in [0.717, 1.165) is 70.8 Å². The Labute approximate surface area is 263 Å². The zero-order valence-corrected chi connectivity index (χ0v) is 28.8. The SMILES string of the molecule is CCCCC/C=C\CCCC(CCC/C=C\CCCCC)C(CCC/C=C\CCCCC)OC(=O)CCCCCNC.